The summed E-state index contributed by atoms with van der Waals surface area (Å²) < 4.78 is 17.0. The highest BCUT2D eigenvalue weighted by molar-refractivity contribution is 8.32. The molecular weight excluding hydrogens is 368 g/mol. The van der Waals surface area contributed by atoms with Gasteiger partial charge in [0.1, 0.15) is 28.8 Å². The predicted molar refractivity (Wildman–Crippen MR) is 106 cm³/mol. The molecule has 148 valence electrons. The van der Waals surface area contributed by atoms with Crippen molar-refractivity contribution >= 4 is 21.8 Å². The molecule has 2 aromatic rings. The largest absolute Gasteiger partial charge is 0.497 e. The molecule has 0 amide bonds. The number of Topliss-reactive ketones (excluding diaryl/α,β-unsaturated/α-hetero) is 1. The molecule has 2 rings (SSSR count). The van der Waals surface area contributed by atoms with Crippen molar-refractivity contribution in [2.45, 2.75) is 18.5 Å². The number of carbonyl (C=O) groups is 2. The summed E-state index contributed by atoms with van der Waals surface area (Å²) in [5, 5.41) is 5.30. The van der Waals surface area contributed by atoms with Crippen LogP contribution in [0.25, 0.3) is 0 Å². The second-order valence-corrected chi connectivity index (χ2v) is 10.7. The summed E-state index contributed by atoms with van der Waals surface area (Å²) >= 11 is 0. The Kier molecular flexibility index (Phi) is 6.54. The minimum Gasteiger partial charge on any atom is -0.497 e. The molecule has 27 heavy (non-hydrogen) atoms. The van der Waals surface area contributed by atoms with Gasteiger partial charge in [-0.15, -0.1) is 0 Å². The molecule has 1 aromatic heterocycles. The third-order valence-electron chi connectivity index (χ3n) is 3.87. The van der Waals surface area contributed by atoms with Crippen LogP contribution >= 0.6 is 10.0 Å². The molecule has 0 saturated carbocycles. The van der Waals surface area contributed by atoms with Gasteiger partial charge < -0.3 is 14.2 Å². The van der Waals surface area contributed by atoms with Crippen molar-refractivity contribution in [3.63, 3.8) is 0 Å². The summed E-state index contributed by atoms with van der Waals surface area (Å²) in [6, 6.07) is 6.72. The first-order valence-corrected chi connectivity index (χ1v) is 11.3. The summed E-state index contributed by atoms with van der Waals surface area (Å²) in [5.74, 6) is 0.248. The lowest BCUT2D eigenvalue weighted by molar-refractivity contribution is 0.0512. The highest BCUT2D eigenvalue weighted by Gasteiger charge is 2.24. The van der Waals surface area contributed by atoms with E-state index in [1.54, 1.807) is 31.2 Å². The molecule has 0 bridgehead atoms. The standard InChI is InChI=1S/C19H26N2O5S/c1-7-26-19(23)15-11-18(27(4,5)6)20-21(15)12-16(22)14-10-13(24-2)8-9-17(14)25-3/h8-11H,7,12H2,1-6H3. The lowest BCUT2D eigenvalue weighted by atomic mass is 10.1. The zero-order chi connectivity index (χ0) is 20.2. The predicted octanol–water partition coefficient (Wildman–Crippen LogP) is 3.01. The Bertz CT molecular complexity index is 839. The van der Waals surface area contributed by atoms with E-state index in [2.05, 4.69) is 23.9 Å². The van der Waals surface area contributed by atoms with E-state index < -0.39 is 16.0 Å². The zero-order valence-corrected chi connectivity index (χ0v) is 17.4. The Morgan fingerprint density at radius 2 is 1.81 bits per heavy atom. The quantitative estimate of drug-likeness (QED) is 0.506. The number of hydrogen-bond donors (Lipinski definition) is 0. The minimum absolute atomic E-state index is 0.104. The molecule has 1 heterocycles. The van der Waals surface area contributed by atoms with Crippen molar-refractivity contribution in [3.8, 4) is 11.5 Å². The van der Waals surface area contributed by atoms with Crippen molar-refractivity contribution in [3.05, 3.63) is 35.5 Å². The van der Waals surface area contributed by atoms with Crippen LogP contribution < -0.4 is 9.47 Å². The summed E-state index contributed by atoms with van der Waals surface area (Å²) in [6.45, 7) is 1.88. The number of ketones is 1. The normalized spacial score (nSPS) is 11.8. The van der Waals surface area contributed by atoms with E-state index in [1.165, 1.54) is 18.9 Å². The van der Waals surface area contributed by atoms with Gasteiger partial charge >= 0.3 is 5.97 Å². The summed E-state index contributed by atoms with van der Waals surface area (Å²) in [6.07, 6.45) is 6.21. The second-order valence-electron chi connectivity index (χ2n) is 6.57. The zero-order valence-electron chi connectivity index (χ0n) is 16.6. The summed E-state index contributed by atoms with van der Waals surface area (Å²) in [7, 11) is 1.85. The highest BCUT2D eigenvalue weighted by atomic mass is 32.3. The fourth-order valence-corrected chi connectivity index (χ4v) is 3.24. The Balaban J connectivity index is 2.42. The number of carbonyl (C=O) groups excluding carboxylic acids is 2. The average molecular weight is 394 g/mol. The average Bonchev–Trinajstić information content (AvgIpc) is 3.05. The first kappa shape index (κ1) is 20.8. The number of hydrogen-bond acceptors (Lipinski definition) is 6. The molecule has 0 atom stereocenters. The van der Waals surface area contributed by atoms with Crippen molar-refractivity contribution in [1.29, 1.82) is 0 Å². The third-order valence-corrected chi connectivity index (χ3v) is 5.32. The summed E-state index contributed by atoms with van der Waals surface area (Å²) in [5.41, 5.74) is 0.635. The first-order chi connectivity index (χ1) is 12.7. The van der Waals surface area contributed by atoms with Crippen LogP contribution in [0.5, 0.6) is 11.5 Å². The van der Waals surface area contributed by atoms with Crippen molar-refractivity contribution in [2.75, 3.05) is 39.6 Å². The number of esters is 1. The molecule has 7 nitrogen and oxygen atoms in total. The van der Waals surface area contributed by atoms with E-state index in [0.29, 0.717) is 17.1 Å². The van der Waals surface area contributed by atoms with Crippen LogP contribution in [-0.4, -0.2) is 61.1 Å². The maximum absolute atomic E-state index is 12.9. The smallest absolute Gasteiger partial charge is 0.356 e. The van der Waals surface area contributed by atoms with Crippen molar-refractivity contribution in [2.24, 2.45) is 0 Å². The summed E-state index contributed by atoms with van der Waals surface area (Å²) in [4.78, 5) is 25.2. The minimum atomic E-state index is -1.17. The van der Waals surface area contributed by atoms with Gasteiger partial charge in [0.15, 0.2) is 5.78 Å². The number of ether oxygens (including phenoxy) is 3. The Hall–Kier alpha value is -2.48. The van der Waals surface area contributed by atoms with Gasteiger partial charge in [-0.3, -0.25) is 4.79 Å². The van der Waals surface area contributed by atoms with Crippen LogP contribution in [0.15, 0.2) is 29.3 Å². The van der Waals surface area contributed by atoms with Crippen LogP contribution in [0.2, 0.25) is 0 Å². The molecule has 1 aromatic carbocycles. The van der Waals surface area contributed by atoms with Crippen LogP contribution in [0.4, 0.5) is 0 Å². The molecule has 0 radical (unpaired) electrons. The molecule has 0 N–H and O–H groups in total. The molecule has 0 unspecified atom stereocenters. The van der Waals surface area contributed by atoms with E-state index in [4.69, 9.17) is 14.2 Å². The fourth-order valence-electron chi connectivity index (χ4n) is 2.44. The Morgan fingerprint density at radius 1 is 1.11 bits per heavy atom. The lowest BCUT2D eigenvalue weighted by Crippen LogP contribution is -2.19. The number of benzene rings is 1. The van der Waals surface area contributed by atoms with Crippen molar-refractivity contribution in [1.82, 2.24) is 9.78 Å². The second kappa shape index (κ2) is 8.47. The van der Waals surface area contributed by atoms with Crippen LogP contribution in [0, 0.1) is 0 Å². The molecule has 8 heteroatoms. The number of aromatic nitrogens is 2. The molecular formula is C19H26N2O5S. The molecule has 0 saturated heterocycles. The van der Waals surface area contributed by atoms with E-state index in [0.717, 1.165) is 5.03 Å². The Morgan fingerprint density at radius 3 is 2.37 bits per heavy atom. The number of rotatable bonds is 8. The van der Waals surface area contributed by atoms with E-state index >= 15 is 0 Å². The monoisotopic (exact) mass is 394 g/mol. The number of methoxy groups -OCH3 is 2. The molecule has 0 aliphatic carbocycles. The maximum Gasteiger partial charge on any atom is 0.356 e. The van der Waals surface area contributed by atoms with Gasteiger partial charge in [0.05, 0.1) is 26.4 Å². The van der Waals surface area contributed by atoms with Gasteiger partial charge in [-0.05, 0) is 43.9 Å². The number of nitrogens with zero attached hydrogens (tertiary/aromatic N) is 2. The van der Waals surface area contributed by atoms with E-state index in [1.807, 2.05) is 0 Å². The first-order valence-electron chi connectivity index (χ1n) is 8.39. The maximum atomic E-state index is 12.9. The van der Waals surface area contributed by atoms with Gasteiger partial charge in [-0.1, -0.05) is 0 Å². The van der Waals surface area contributed by atoms with Gasteiger partial charge in [-0.25, -0.2) is 19.5 Å². The fraction of sp³-hybridized carbons (Fsp3) is 0.421. The Labute approximate surface area is 160 Å². The van der Waals surface area contributed by atoms with Crippen LogP contribution in [-0.2, 0) is 11.3 Å². The SMILES string of the molecule is CCOC(=O)c1cc(S(C)(C)C)nn1CC(=O)c1cc(OC)ccc1OC. The highest BCUT2D eigenvalue weighted by Crippen LogP contribution is 2.44. The molecule has 0 aliphatic heterocycles. The van der Waals surface area contributed by atoms with Gasteiger partial charge in [-0.2, -0.15) is 5.10 Å². The molecule has 0 aliphatic rings. The van der Waals surface area contributed by atoms with Crippen LogP contribution in [0.1, 0.15) is 27.8 Å². The molecule has 0 spiro atoms. The topological polar surface area (TPSA) is 79.7 Å². The van der Waals surface area contributed by atoms with E-state index in [9.17, 15) is 9.59 Å². The van der Waals surface area contributed by atoms with Gasteiger partial charge in [0, 0.05) is 6.07 Å². The van der Waals surface area contributed by atoms with Gasteiger partial charge in [0.2, 0.25) is 0 Å². The third kappa shape index (κ3) is 4.82. The lowest BCUT2D eigenvalue weighted by Gasteiger charge is -2.21. The van der Waals surface area contributed by atoms with Crippen LogP contribution in [0.3, 0.4) is 0 Å². The molecule has 0 fully saturated rings. The van der Waals surface area contributed by atoms with Gasteiger partial charge in [0.25, 0.3) is 0 Å². The van der Waals surface area contributed by atoms with E-state index in [-0.39, 0.29) is 24.6 Å². The van der Waals surface area contributed by atoms with Crippen molar-refractivity contribution < 1.29 is 23.8 Å².